The fraction of sp³-hybridized carbons (Fsp3) is 0.286. The Kier molecular flexibility index (Phi) is 5.48. The number of amides is 1. The minimum Gasteiger partial charge on any atom is -0.448 e. The SMILES string of the molecule is NCCc1nc(C(=O)NCCc2ccc(S(N)(=O)=O)cc2)co1. The van der Waals surface area contributed by atoms with Crippen LogP contribution in [0.3, 0.4) is 0 Å². The van der Waals surface area contributed by atoms with Crippen molar-refractivity contribution in [2.75, 3.05) is 13.1 Å². The number of nitrogens with two attached hydrogens (primary N) is 2. The van der Waals surface area contributed by atoms with Crippen LogP contribution >= 0.6 is 0 Å². The Hall–Kier alpha value is -2.23. The molecule has 124 valence electrons. The fourth-order valence-electron chi connectivity index (χ4n) is 1.91. The first-order chi connectivity index (χ1) is 10.9. The van der Waals surface area contributed by atoms with Gasteiger partial charge < -0.3 is 15.5 Å². The highest BCUT2D eigenvalue weighted by Gasteiger charge is 2.11. The van der Waals surface area contributed by atoms with Crippen molar-refractivity contribution in [1.82, 2.24) is 10.3 Å². The maximum Gasteiger partial charge on any atom is 0.273 e. The molecule has 1 amide bonds. The zero-order valence-corrected chi connectivity index (χ0v) is 13.2. The second-order valence-corrected chi connectivity index (χ2v) is 6.42. The molecular weight excluding hydrogens is 320 g/mol. The Balaban J connectivity index is 1.85. The van der Waals surface area contributed by atoms with Crippen LogP contribution in [0.1, 0.15) is 21.9 Å². The normalized spacial score (nSPS) is 11.4. The number of rotatable bonds is 7. The minimum atomic E-state index is -3.69. The fourth-order valence-corrected chi connectivity index (χ4v) is 2.43. The number of nitrogens with one attached hydrogen (secondary N) is 1. The van der Waals surface area contributed by atoms with Crippen molar-refractivity contribution in [2.24, 2.45) is 10.9 Å². The number of primary sulfonamides is 1. The standard InChI is InChI=1S/C14H18N4O4S/c15-7-5-13-18-12(9-22-13)14(19)17-8-6-10-1-3-11(4-2-10)23(16,20)21/h1-4,9H,5-8,15H2,(H,17,19)(H2,16,20,21). The van der Waals surface area contributed by atoms with E-state index in [4.69, 9.17) is 15.3 Å². The maximum atomic E-state index is 11.9. The van der Waals surface area contributed by atoms with E-state index in [0.29, 0.717) is 31.8 Å². The van der Waals surface area contributed by atoms with Gasteiger partial charge in [0.2, 0.25) is 10.0 Å². The molecule has 0 unspecified atom stereocenters. The van der Waals surface area contributed by atoms with Gasteiger partial charge in [0.1, 0.15) is 6.26 Å². The Labute approximate surface area is 133 Å². The lowest BCUT2D eigenvalue weighted by molar-refractivity contribution is 0.0949. The number of hydrogen-bond donors (Lipinski definition) is 3. The molecule has 0 fully saturated rings. The molecule has 0 aliphatic rings. The highest BCUT2D eigenvalue weighted by Crippen LogP contribution is 2.09. The molecule has 8 nitrogen and oxygen atoms in total. The second kappa shape index (κ2) is 7.36. The molecule has 0 aliphatic heterocycles. The predicted molar refractivity (Wildman–Crippen MR) is 83.1 cm³/mol. The van der Waals surface area contributed by atoms with Gasteiger partial charge in [0.05, 0.1) is 4.90 Å². The summed E-state index contributed by atoms with van der Waals surface area (Å²) in [5.74, 6) is 0.0920. The van der Waals surface area contributed by atoms with E-state index in [2.05, 4.69) is 10.3 Å². The van der Waals surface area contributed by atoms with Gasteiger partial charge in [0.15, 0.2) is 11.6 Å². The van der Waals surface area contributed by atoms with Gasteiger partial charge in [0.25, 0.3) is 5.91 Å². The first-order valence-electron chi connectivity index (χ1n) is 6.94. The van der Waals surface area contributed by atoms with Crippen LogP contribution in [0.25, 0.3) is 0 Å². The molecule has 0 bridgehead atoms. The van der Waals surface area contributed by atoms with Crippen LogP contribution in [-0.2, 0) is 22.9 Å². The number of sulfonamides is 1. The van der Waals surface area contributed by atoms with Crippen molar-refractivity contribution in [3.05, 3.63) is 47.7 Å². The average Bonchev–Trinajstić information content (AvgIpc) is 2.96. The van der Waals surface area contributed by atoms with E-state index in [1.807, 2.05) is 0 Å². The summed E-state index contributed by atoms with van der Waals surface area (Å²) in [5.41, 5.74) is 6.46. The Bertz CT molecular complexity index is 768. The Morgan fingerprint density at radius 2 is 1.91 bits per heavy atom. The van der Waals surface area contributed by atoms with E-state index >= 15 is 0 Å². The Morgan fingerprint density at radius 1 is 1.22 bits per heavy atom. The van der Waals surface area contributed by atoms with Crippen molar-refractivity contribution < 1.29 is 17.6 Å². The van der Waals surface area contributed by atoms with Crippen molar-refractivity contribution in [2.45, 2.75) is 17.7 Å². The lowest BCUT2D eigenvalue weighted by Gasteiger charge is -2.04. The van der Waals surface area contributed by atoms with Gasteiger partial charge in [0, 0.05) is 19.5 Å². The van der Waals surface area contributed by atoms with E-state index in [9.17, 15) is 13.2 Å². The second-order valence-electron chi connectivity index (χ2n) is 4.86. The predicted octanol–water partition coefficient (Wildman–Crippen LogP) is -0.204. The lowest BCUT2D eigenvalue weighted by atomic mass is 10.1. The largest absolute Gasteiger partial charge is 0.448 e. The summed E-state index contributed by atoms with van der Waals surface area (Å²) in [5, 5.41) is 7.74. The molecule has 23 heavy (non-hydrogen) atoms. The van der Waals surface area contributed by atoms with Crippen LogP contribution < -0.4 is 16.2 Å². The molecule has 0 radical (unpaired) electrons. The molecule has 0 saturated carbocycles. The summed E-state index contributed by atoms with van der Waals surface area (Å²) in [4.78, 5) is 16.0. The van der Waals surface area contributed by atoms with E-state index < -0.39 is 10.0 Å². The number of carbonyl (C=O) groups is 1. The highest BCUT2D eigenvalue weighted by atomic mass is 32.2. The van der Waals surface area contributed by atoms with Gasteiger partial charge in [-0.3, -0.25) is 4.79 Å². The van der Waals surface area contributed by atoms with Gasteiger partial charge in [-0.1, -0.05) is 12.1 Å². The van der Waals surface area contributed by atoms with Gasteiger partial charge in [-0.15, -0.1) is 0 Å². The third kappa shape index (κ3) is 4.88. The zero-order chi connectivity index (χ0) is 16.9. The molecule has 1 heterocycles. The molecule has 2 rings (SSSR count). The summed E-state index contributed by atoms with van der Waals surface area (Å²) in [6.45, 7) is 0.780. The minimum absolute atomic E-state index is 0.0558. The zero-order valence-electron chi connectivity index (χ0n) is 12.4. The third-order valence-electron chi connectivity index (χ3n) is 3.09. The quantitative estimate of drug-likeness (QED) is 0.638. The van der Waals surface area contributed by atoms with Crippen molar-refractivity contribution in [3.63, 3.8) is 0 Å². The molecule has 0 spiro atoms. The Morgan fingerprint density at radius 3 is 2.52 bits per heavy atom. The molecule has 5 N–H and O–H groups in total. The summed E-state index contributed by atoms with van der Waals surface area (Å²) >= 11 is 0. The number of carbonyl (C=O) groups excluding carboxylic acids is 1. The summed E-state index contributed by atoms with van der Waals surface area (Å²) < 4.78 is 27.4. The van der Waals surface area contributed by atoms with E-state index in [1.165, 1.54) is 18.4 Å². The van der Waals surface area contributed by atoms with Gasteiger partial charge >= 0.3 is 0 Å². The smallest absolute Gasteiger partial charge is 0.273 e. The number of aromatic nitrogens is 1. The molecule has 9 heteroatoms. The first-order valence-corrected chi connectivity index (χ1v) is 8.49. The number of benzene rings is 1. The summed E-state index contributed by atoms with van der Waals surface area (Å²) in [6, 6.07) is 6.18. The topological polar surface area (TPSA) is 141 Å². The van der Waals surface area contributed by atoms with Crippen LogP contribution in [0.4, 0.5) is 0 Å². The molecule has 0 saturated heterocycles. The van der Waals surface area contributed by atoms with E-state index in [-0.39, 0.29) is 16.5 Å². The summed E-state index contributed by atoms with van der Waals surface area (Å²) in [7, 11) is -3.69. The average molecular weight is 338 g/mol. The van der Waals surface area contributed by atoms with E-state index in [1.54, 1.807) is 12.1 Å². The maximum absolute atomic E-state index is 11.9. The van der Waals surface area contributed by atoms with Gasteiger partial charge in [-0.05, 0) is 24.1 Å². The monoisotopic (exact) mass is 338 g/mol. The van der Waals surface area contributed by atoms with Gasteiger partial charge in [-0.2, -0.15) is 0 Å². The summed E-state index contributed by atoms with van der Waals surface area (Å²) in [6.07, 6.45) is 2.31. The number of oxazole rings is 1. The van der Waals surface area contributed by atoms with Crippen LogP contribution in [0.5, 0.6) is 0 Å². The third-order valence-corrected chi connectivity index (χ3v) is 4.02. The van der Waals surface area contributed by atoms with Crippen LogP contribution in [-0.4, -0.2) is 32.4 Å². The molecule has 1 aromatic carbocycles. The molecule has 2 aromatic rings. The number of hydrogen-bond acceptors (Lipinski definition) is 6. The molecular formula is C14H18N4O4S. The van der Waals surface area contributed by atoms with Crippen LogP contribution in [0.15, 0.2) is 39.8 Å². The molecule has 1 aromatic heterocycles. The van der Waals surface area contributed by atoms with Crippen LogP contribution in [0, 0.1) is 0 Å². The van der Waals surface area contributed by atoms with Crippen molar-refractivity contribution in [1.29, 1.82) is 0 Å². The van der Waals surface area contributed by atoms with Crippen molar-refractivity contribution in [3.8, 4) is 0 Å². The first kappa shape index (κ1) is 17.1. The molecule has 0 atom stereocenters. The van der Waals surface area contributed by atoms with Gasteiger partial charge in [-0.25, -0.2) is 18.5 Å². The van der Waals surface area contributed by atoms with E-state index in [0.717, 1.165) is 5.56 Å². The highest BCUT2D eigenvalue weighted by molar-refractivity contribution is 7.89. The molecule has 0 aliphatic carbocycles. The van der Waals surface area contributed by atoms with Crippen molar-refractivity contribution >= 4 is 15.9 Å². The number of nitrogens with zero attached hydrogens (tertiary/aromatic N) is 1. The van der Waals surface area contributed by atoms with Crippen LogP contribution in [0.2, 0.25) is 0 Å². The lowest BCUT2D eigenvalue weighted by Crippen LogP contribution is -2.26.